The van der Waals surface area contributed by atoms with Crippen molar-refractivity contribution in [1.29, 1.82) is 0 Å². The van der Waals surface area contributed by atoms with Crippen molar-refractivity contribution in [1.82, 2.24) is 4.90 Å². The van der Waals surface area contributed by atoms with E-state index < -0.39 is 0 Å². The van der Waals surface area contributed by atoms with Gasteiger partial charge in [-0.3, -0.25) is 9.59 Å². The highest BCUT2D eigenvalue weighted by molar-refractivity contribution is 6.00. The number of nitrogens with one attached hydrogen (secondary N) is 1. The van der Waals surface area contributed by atoms with Gasteiger partial charge in [0, 0.05) is 24.7 Å². The van der Waals surface area contributed by atoms with E-state index in [2.05, 4.69) is 12.2 Å². The lowest BCUT2D eigenvalue weighted by atomic mass is 9.95. The summed E-state index contributed by atoms with van der Waals surface area (Å²) in [5, 5.41) is 2.99. The summed E-state index contributed by atoms with van der Waals surface area (Å²) in [5.41, 5.74) is 2.47. The number of methoxy groups -OCH3 is 2. The van der Waals surface area contributed by atoms with E-state index >= 15 is 0 Å². The molecule has 1 N–H and O–H groups in total. The van der Waals surface area contributed by atoms with Gasteiger partial charge in [-0.05, 0) is 49.1 Å². The lowest BCUT2D eigenvalue weighted by Gasteiger charge is -2.32. The molecule has 0 spiro atoms. The molecule has 154 valence electrons. The minimum atomic E-state index is -0.131. The van der Waals surface area contributed by atoms with E-state index in [1.165, 1.54) is 19.8 Å². The third-order valence-corrected chi connectivity index (χ3v) is 5.42. The Hall–Kier alpha value is -3.02. The van der Waals surface area contributed by atoms with Crippen LogP contribution in [0.1, 0.15) is 35.7 Å². The van der Waals surface area contributed by atoms with Gasteiger partial charge in [0.05, 0.1) is 14.2 Å². The molecule has 6 heteroatoms. The molecule has 0 atom stereocenters. The second-order valence-corrected chi connectivity index (χ2v) is 7.14. The molecule has 1 fully saturated rings. The molecule has 3 rings (SSSR count). The second-order valence-electron chi connectivity index (χ2n) is 7.14. The van der Waals surface area contributed by atoms with Crippen molar-refractivity contribution < 1.29 is 19.1 Å². The van der Waals surface area contributed by atoms with Crippen molar-refractivity contribution in [3.05, 3.63) is 53.6 Å². The molecule has 0 saturated carbocycles. The van der Waals surface area contributed by atoms with Crippen LogP contribution in [0.15, 0.2) is 42.5 Å². The lowest BCUT2D eigenvalue weighted by molar-refractivity contribution is -0.121. The van der Waals surface area contributed by atoms with Crippen LogP contribution < -0.4 is 14.8 Å². The Morgan fingerprint density at radius 2 is 1.59 bits per heavy atom. The highest BCUT2D eigenvalue weighted by atomic mass is 16.5. The Labute approximate surface area is 171 Å². The summed E-state index contributed by atoms with van der Waals surface area (Å²) in [6.07, 6.45) is 2.22. The van der Waals surface area contributed by atoms with Gasteiger partial charge in [0.2, 0.25) is 5.91 Å². The zero-order chi connectivity index (χ0) is 20.8. The number of aryl methyl sites for hydroxylation is 1. The van der Waals surface area contributed by atoms with Crippen LogP contribution in [0.3, 0.4) is 0 Å². The van der Waals surface area contributed by atoms with Crippen LogP contribution in [0.2, 0.25) is 0 Å². The standard InChI is InChI=1S/C23H28N2O4/c1-4-16-8-10-18(11-9-16)24-22(26)17-12-14-25(15-13-17)23(27)21-19(28-2)6-5-7-20(21)29-3/h5-11,17H,4,12-15H2,1-3H3,(H,24,26). The third-order valence-electron chi connectivity index (χ3n) is 5.42. The van der Waals surface area contributed by atoms with E-state index in [1.54, 1.807) is 23.1 Å². The lowest BCUT2D eigenvalue weighted by Crippen LogP contribution is -2.41. The molecule has 0 aliphatic carbocycles. The Balaban J connectivity index is 1.61. The predicted molar refractivity (Wildman–Crippen MR) is 113 cm³/mol. The van der Waals surface area contributed by atoms with Gasteiger partial charge in [-0.2, -0.15) is 0 Å². The molecule has 0 unspecified atom stereocenters. The van der Waals surface area contributed by atoms with Gasteiger partial charge in [0.25, 0.3) is 5.91 Å². The van der Waals surface area contributed by atoms with Gasteiger partial charge >= 0.3 is 0 Å². The van der Waals surface area contributed by atoms with Gasteiger partial charge in [0.1, 0.15) is 17.1 Å². The fourth-order valence-corrected chi connectivity index (χ4v) is 3.63. The molecular weight excluding hydrogens is 368 g/mol. The number of amides is 2. The number of nitrogens with zero attached hydrogens (tertiary/aromatic N) is 1. The normalized spacial score (nSPS) is 14.4. The summed E-state index contributed by atoms with van der Waals surface area (Å²) in [7, 11) is 3.07. The van der Waals surface area contributed by atoms with Crippen molar-refractivity contribution in [2.45, 2.75) is 26.2 Å². The fourth-order valence-electron chi connectivity index (χ4n) is 3.63. The summed E-state index contributed by atoms with van der Waals surface area (Å²) < 4.78 is 10.7. The zero-order valence-electron chi connectivity index (χ0n) is 17.2. The van der Waals surface area contributed by atoms with E-state index in [4.69, 9.17) is 9.47 Å². The molecule has 29 heavy (non-hydrogen) atoms. The molecule has 0 aromatic heterocycles. The predicted octanol–water partition coefficient (Wildman–Crippen LogP) is 3.76. The number of anilines is 1. The van der Waals surface area contributed by atoms with Crippen LogP contribution in [-0.2, 0) is 11.2 Å². The number of piperidine rings is 1. The van der Waals surface area contributed by atoms with Crippen LogP contribution in [0.25, 0.3) is 0 Å². The van der Waals surface area contributed by atoms with Crippen molar-refractivity contribution >= 4 is 17.5 Å². The molecule has 1 aliphatic rings. The van der Waals surface area contributed by atoms with Gasteiger partial charge < -0.3 is 19.7 Å². The minimum Gasteiger partial charge on any atom is -0.496 e. The molecule has 2 aromatic rings. The van der Waals surface area contributed by atoms with Crippen LogP contribution in [-0.4, -0.2) is 44.0 Å². The summed E-state index contributed by atoms with van der Waals surface area (Å²) in [4.78, 5) is 27.4. The van der Waals surface area contributed by atoms with Crippen molar-refractivity contribution in [2.24, 2.45) is 5.92 Å². The average molecular weight is 396 g/mol. The molecule has 0 bridgehead atoms. The first-order chi connectivity index (χ1) is 14.1. The smallest absolute Gasteiger partial charge is 0.261 e. The SMILES string of the molecule is CCc1ccc(NC(=O)C2CCN(C(=O)c3c(OC)cccc3OC)CC2)cc1. The van der Waals surface area contributed by atoms with Crippen molar-refractivity contribution in [3.8, 4) is 11.5 Å². The molecule has 1 saturated heterocycles. The fraction of sp³-hybridized carbons (Fsp3) is 0.391. The number of benzene rings is 2. The Morgan fingerprint density at radius 1 is 1.00 bits per heavy atom. The molecule has 0 radical (unpaired) electrons. The first kappa shape index (κ1) is 20.7. The monoisotopic (exact) mass is 396 g/mol. The topological polar surface area (TPSA) is 67.9 Å². The molecule has 1 aliphatic heterocycles. The zero-order valence-corrected chi connectivity index (χ0v) is 17.2. The first-order valence-electron chi connectivity index (χ1n) is 9.97. The van der Waals surface area contributed by atoms with E-state index in [0.717, 1.165) is 12.1 Å². The highest BCUT2D eigenvalue weighted by Gasteiger charge is 2.30. The van der Waals surface area contributed by atoms with E-state index in [1.807, 2.05) is 24.3 Å². The number of ether oxygens (including phenoxy) is 2. The number of rotatable bonds is 6. The van der Waals surface area contributed by atoms with Crippen LogP contribution in [0, 0.1) is 5.92 Å². The summed E-state index contributed by atoms with van der Waals surface area (Å²) in [5.74, 6) is 0.753. The molecular formula is C23H28N2O4. The average Bonchev–Trinajstić information content (AvgIpc) is 2.78. The third kappa shape index (κ3) is 4.70. The second kappa shape index (κ2) is 9.45. The highest BCUT2D eigenvalue weighted by Crippen LogP contribution is 2.31. The van der Waals surface area contributed by atoms with E-state index in [-0.39, 0.29) is 17.7 Å². The van der Waals surface area contributed by atoms with Crippen molar-refractivity contribution in [2.75, 3.05) is 32.6 Å². The number of hydrogen-bond donors (Lipinski definition) is 1. The van der Waals surface area contributed by atoms with Gasteiger partial charge in [-0.1, -0.05) is 25.1 Å². The molecule has 1 heterocycles. The number of likely N-dealkylation sites (tertiary alicyclic amines) is 1. The summed E-state index contributed by atoms with van der Waals surface area (Å²) >= 11 is 0. The molecule has 2 amide bonds. The summed E-state index contributed by atoms with van der Waals surface area (Å²) in [6, 6.07) is 13.2. The van der Waals surface area contributed by atoms with Crippen molar-refractivity contribution in [3.63, 3.8) is 0 Å². The van der Waals surface area contributed by atoms with Crippen LogP contribution in [0.4, 0.5) is 5.69 Å². The van der Waals surface area contributed by atoms with Gasteiger partial charge in [0.15, 0.2) is 0 Å². The number of hydrogen-bond acceptors (Lipinski definition) is 4. The Morgan fingerprint density at radius 3 is 2.10 bits per heavy atom. The Bertz CT molecular complexity index is 833. The maximum absolute atomic E-state index is 13.1. The van der Waals surface area contributed by atoms with E-state index in [0.29, 0.717) is 43.0 Å². The van der Waals surface area contributed by atoms with Crippen LogP contribution >= 0.6 is 0 Å². The quantitative estimate of drug-likeness (QED) is 0.807. The Kier molecular flexibility index (Phi) is 6.75. The number of carbonyl (C=O) groups is 2. The number of carbonyl (C=O) groups excluding carboxylic acids is 2. The first-order valence-corrected chi connectivity index (χ1v) is 9.97. The maximum Gasteiger partial charge on any atom is 0.261 e. The minimum absolute atomic E-state index is 0.0104. The van der Waals surface area contributed by atoms with Crippen LogP contribution in [0.5, 0.6) is 11.5 Å². The summed E-state index contributed by atoms with van der Waals surface area (Å²) in [6.45, 7) is 3.14. The molecule has 6 nitrogen and oxygen atoms in total. The van der Waals surface area contributed by atoms with E-state index in [9.17, 15) is 9.59 Å². The maximum atomic E-state index is 13.1. The largest absolute Gasteiger partial charge is 0.496 e. The van der Waals surface area contributed by atoms with Gasteiger partial charge in [-0.25, -0.2) is 0 Å². The molecule has 2 aromatic carbocycles. The van der Waals surface area contributed by atoms with Gasteiger partial charge in [-0.15, -0.1) is 0 Å².